The van der Waals surface area contributed by atoms with Crippen LogP contribution >= 0.6 is 0 Å². The number of likely N-dealkylation sites (N-methyl/N-ethyl adjacent to an activating group) is 2. The summed E-state index contributed by atoms with van der Waals surface area (Å²) in [6, 6.07) is 0.685. The smallest absolute Gasteiger partial charge is 0.0362 e. The monoisotopic (exact) mass is 240 g/mol. The Hall–Kier alpha value is -0.0800. The SMILES string of the molecule is CCCCC(NC)C1(N(CC)CC)CCCC1. The third-order valence-corrected chi connectivity index (χ3v) is 4.71. The van der Waals surface area contributed by atoms with E-state index in [9.17, 15) is 0 Å². The largest absolute Gasteiger partial charge is 0.315 e. The second kappa shape index (κ2) is 7.38. The first-order valence-electron chi connectivity index (χ1n) is 7.67. The van der Waals surface area contributed by atoms with Crippen LogP contribution in [-0.4, -0.2) is 36.6 Å². The van der Waals surface area contributed by atoms with Crippen LogP contribution < -0.4 is 5.32 Å². The maximum atomic E-state index is 3.63. The Balaban J connectivity index is 2.80. The number of nitrogens with zero attached hydrogens (tertiary/aromatic N) is 1. The summed E-state index contributed by atoms with van der Waals surface area (Å²) in [5, 5.41) is 3.63. The molecule has 0 amide bonds. The summed E-state index contributed by atoms with van der Waals surface area (Å²) in [5.41, 5.74) is 0.452. The number of nitrogens with one attached hydrogen (secondary N) is 1. The summed E-state index contributed by atoms with van der Waals surface area (Å²) in [5.74, 6) is 0. The Kier molecular flexibility index (Phi) is 6.50. The normalized spacial score (nSPS) is 21.0. The molecule has 0 aliphatic heterocycles. The summed E-state index contributed by atoms with van der Waals surface area (Å²) in [4.78, 5) is 2.72. The van der Waals surface area contributed by atoms with Crippen LogP contribution in [0.25, 0.3) is 0 Å². The van der Waals surface area contributed by atoms with Gasteiger partial charge in [-0.05, 0) is 39.4 Å². The Labute approximate surface area is 108 Å². The van der Waals surface area contributed by atoms with Crippen LogP contribution in [0.2, 0.25) is 0 Å². The van der Waals surface area contributed by atoms with E-state index in [1.807, 2.05) is 0 Å². The molecule has 0 aromatic heterocycles. The molecular weight excluding hydrogens is 208 g/mol. The molecule has 2 heteroatoms. The van der Waals surface area contributed by atoms with Gasteiger partial charge < -0.3 is 5.32 Å². The van der Waals surface area contributed by atoms with Crippen molar-refractivity contribution >= 4 is 0 Å². The Morgan fingerprint density at radius 3 is 2.12 bits per heavy atom. The topological polar surface area (TPSA) is 15.3 Å². The minimum atomic E-state index is 0.452. The van der Waals surface area contributed by atoms with Crippen LogP contribution in [0.3, 0.4) is 0 Å². The van der Waals surface area contributed by atoms with Crippen molar-refractivity contribution in [2.24, 2.45) is 0 Å². The fourth-order valence-corrected chi connectivity index (χ4v) is 3.82. The molecule has 0 aromatic carbocycles. The highest BCUT2D eigenvalue weighted by atomic mass is 15.2. The summed E-state index contributed by atoms with van der Waals surface area (Å²) >= 11 is 0. The zero-order valence-corrected chi connectivity index (χ0v) is 12.4. The lowest BCUT2D eigenvalue weighted by atomic mass is 9.83. The van der Waals surface area contributed by atoms with E-state index in [0.717, 1.165) is 0 Å². The van der Waals surface area contributed by atoms with Gasteiger partial charge in [0.05, 0.1) is 0 Å². The van der Waals surface area contributed by atoms with Gasteiger partial charge in [0.25, 0.3) is 0 Å². The van der Waals surface area contributed by atoms with E-state index in [2.05, 4.69) is 38.0 Å². The van der Waals surface area contributed by atoms with Crippen molar-refractivity contribution in [2.75, 3.05) is 20.1 Å². The molecule has 0 spiro atoms. The molecule has 0 saturated heterocycles. The minimum Gasteiger partial charge on any atom is -0.315 e. The van der Waals surface area contributed by atoms with E-state index < -0.39 is 0 Å². The van der Waals surface area contributed by atoms with Crippen LogP contribution in [0.1, 0.15) is 65.7 Å². The first kappa shape index (κ1) is 15.0. The summed E-state index contributed by atoms with van der Waals surface area (Å²) in [6.45, 7) is 9.32. The number of rotatable bonds is 8. The van der Waals surface area contributed by atoms with Crippen LogP contribution in [0.5, 0.6) is 0 Å². The van der Waals surface area contributed by atoms with Crippen molar-refractivity contribution in [1.82, 2.24) is 10.2 Å². The van der Waals surface area contributed by atoms with E-state index >= 15 is 0 Å². The van der Waals surface area contributed by atoms with Crippen molar-refractivity contribution in [3.63, 3.8) is 0 Å². The highest BCUT2D eigenvalue weighted by Gasteiger charge is 2.43. The van der Waals surface area contributed by atoms with E-state index in [1.54, 1.807) is 0 Å². The van der Waals surface area contributed by atoms with Gasteiger partial charge in [-0.15, -0.1) is 0 Å². The Bertz CT molecular complexity index is 193. The first-order valence-corrected chi connectivity index (χ1v) is 7.67. The van der Waals surface area contributed by atoms with Crippen molar-refractivity contribution in [3.8, 4) is 0 Å². The molecular formula is C15H32N2. The molecule has 1 N–H and O–H groups in total. The fraction of sp³-hybridized carbons (Fsp3) is 1.00. The Morgan fingerprint density at radius 1 is 1.12 bits per heavy atom. The fourth-order valence-electron chi connectivity index (χ4n) is 3.82. The summed E-state index contributed by atoms with van der Waals surface area (Å²) in [6.07, 6.45) is 9.62. The van der Waals surface area contributed by atoms with E-state index in [0.29, 0.717) is 11.6 Å². The lowest BCUT2D eigenvalue weighted by Crippen LogP contribution is -2.59. The lowest BCUT2D eigenvalue weighted by Gasteiger charge is -2.46. The maximum Gasteiger partial charge on any atom is 0.0362 e. The molecule has 17 heavy (non-hydrogen) atoms. The quantitative estimate of drug-likeness (QED) is 0.699. The van der Waals surface area contributed by atoms with Gasteiger partial charge in [0.2, 0.25) is 0 Å². The average molecular weight is 240 g/mol. The van der Waals surface area contributed by atoms with Gasteiger partial charge in [-0.2, -0.15) is 0 Å². The van der Waals surface area contributed by atoms with Gasteiger partial charge >= 0.3 is 0 Å². The van der Waals surface area contributed by atoms with Gasteiger partial charge in [-0.3, -0.25) is 4.90 Å². The zero-order chi connectivity index (χ0) is 12.7. The molecule has 0 bridgehead atoms. The van der Waals surface area contributed by atoms with Gasteiger partial charge in [0, 0.05) is 11.6 Å². The standard InChI is InChI=1S/C15H32N2/c1-5-8-11-14(16-4)15(12-9-10-13-15)17(6-2)7-3/h14,16H,5-13H2,1-4H3. The van der Waals surface area contributed by atoms with Crippen molar-refractivity contribution in [2.45, 2.75) is 77.3 Å². The molecule has 1 unspecified atom stereocenters. The maximum absolute atomic E-state index is 3.63. The number of unbranched alkanes of at least 4 members (excludes halogenated alkanes) is 1. The lowest BCUT2D eigenvalue weighted by molar-refractivity contribution is 0.0617. The van der Waals surface area contributed by atoms with E-state index in [1.165, 1.54) is 58.0 Å². The molecule has 1 aliphatic carbocycles. The predicted molar refractivity (Wildman–Crippen MR) is 76.5 cm³/mol. The van der Waals surface area contributed by atoms with Crippen LogP contribution in [-0.2, 0) is 0 Å². The highest BCUT2D eigenvalue weighted by Crippen LogP contribution is 2.39. The average Bonchev–Trinajstić information content (AvgIpc) is 2.82. The minimum absolute atomic E-state index is 0.452. The molecule has 0 radical (unpaired) electrons. The van der Waals surface area contributed by atoms with Gasteiger partial charge in [-0.1, -0.05) is 46.5 Å². The molecule has 0 heterocycles. The second-order valence-electron chi connectivity index (χ2n) is 5.47. The molecule has 1 saturated carbocycles. The van der Waals surface area contributed by atoms with Gasteiger partial charge in [0.1, 0.15) is 0 Å². The zero-order valence-electron chi connectivity index (χ0n) is 12.4. The molecule has 0 aromatic rings. The van der Waals surface area contributed by atoms with Crippen molar-refractivity contribution in [3.05, 3.63) is 0 Å². The third kappa shape index (κ3) is 3.23. The van der Waals surface area contributed by atoms with Crippen molar-refractivity contribution < 1.29 is 0 Å². The molecule has 102 valence electrons. The summed E-state index contributed by atoms with van der Waals surface area (Å²) in [7, 11) is 2.16. The van der Waals surface area contributed by atoms with E-state index in [4.69, 9.17) is 0 Å². The molecule has 1 rings (SSSR count). The molecule has 1 atom stereocenters. The predicted octanol–water partition coefficient (Wildman–Crippen LogP) is 3.42. The van der Waals surface area contributed by atoms with Crippen molar-refractivity contribution in [1.29, 1.82) is 0 Å². The van der Waals surface area contributed by atoms with Gasteiger partial charge in [0.15, 0.2) is 0 Å². The van der Waals surface area contributed by atoms with Crippen LogP contribution in [0, 0.1) is 0 Å². The van der Waals surface area contributed by atoms with E-state index in [-0.39, 0.29) is 0 Å². The first-order chi connectivity index (χ1) is 8.25. The number of hydrogen-bond donors (Lipinski definition) is 1. The molecule has 2 nitrogen and oxygen atoms in total. The van der Waals surface area contributed by atoms with Gasteiger partial charge in [-0.25, -0.2) is 0 Å². The summed E-state index contributed by atoms with van der Waals surface area (Å²) < 4.78 is 0. The molecule has 1 aliphatic rings. The molecule has 1 fully saturated rings. The van der Waals surface area contributed by atoms with Crippen LogP contribution in [0.15, 0.2) is 0 Å². The Morgan fingerprint density at radius 2 is 1.71 bits per heavy atom. The third-order valence-electron chi connectivity index (χ3n) is 4.71. The van der Waals surface area contributed by atoms with Crippen LogP contribution in [0.4, 0.5) is 0 Å². The number of hydrogen-bond acceptors (Lipinski definition) is 2. The second-order valence-corrected chi connectivity index (χ2v) is 5.47. The highest BCUT2D eigenvalue weighted by molar-refractivity contribution is 5.02.